The Labute approximate surface area is 154 Å². The van der Waals surface area contributed by atoms with E-state index in [0.717, 1.165) is 17.8 Å². The highest BCUT2D eigenvalue weighted by Crippen LogP contribution is 2.20. The molecule has 2 aromatic carbocycles. The van der Waals surface area contributed by atoms with Crippen LogP contribution in [0, 0.1) is 0 Å². The predicted molar refractivity (Wildman–Crippen MR) is 99.3 cm³/mol. The van der Waals surface area contributed by atoms with Crippen LogP contribution in [0.15, 0.2) is 53.7 Å². The molecule has 0 aliphatic carbocycles. The van der Waals surface area contributed by atoms with Crippen molar-refractivity contribution in [2.45, 2.75) is 18.5 Å². The average molecular weight is 374 g/mol. The highest BCUT2D eigenvalue weighted by Gasteiger charge is 2.12. The van der Waals surface area contributed by atoms with E-state index >= 15 is 0 Å². The maximum atomic E-state index is 12.2. The summed E-state index contributed by atoms with van der Waals surface area (Å²) in [6.45, 7) is 2.08. The van der Waals surface area contributed by atoms with Crippen LogP contribution in [-0.4, -0.2) is 31.9 Å². The standard InChI is InChI=1S/C17H16ClN5OS/c1-2-12-4-3-5-14(10-12)19-16(24)11-25-17-20-21-22-23(17)15-8-6-13(18)7-9-15/h3-10H,2,11H2,1H3,(H,19,24). The van der Waals surface area contributed by atoms with E-state index in [9.17, 15) is 4.79 Å². The summed E-state index contributed by atoms with van der Waals surface area (Å²) in [6.07, 6.45) is 0.925. The minimum atomic E-state index is -0.107. The number of rotatable bonds is 6. The van der Waals surface area contributed by atoms with E-state index in [1.54, 1.807) is 16.8 Å². The smallest absolute Gasteiger partial charge is 0.234 e. The summed E-state index contributed by atoms with van der Waals surface area (Å²) in [5.41, 5.74) is 2.76. The highest BCUT2D eigenvalue weighted by atomic mass is 35.5. The van der Waals surface area contributed by atoms with E-state index in [4.69, 9.17) is 11.6 Å². The topological polar surface area (TPSA) is 72.7 Å². The Kier molecular flexibility index (Phi) is 5.67. The molecule has 0 aliphatic heterocycles. The third-order valence-corrected chi connectivity index (χ3v) is 4.63. The van der Waals surface area contributed by atoms with E-state index < -0.39 is 0 Å². The third-order valence-electron chi connectivity index (χ3n) is 3.46. The lowest BCUT2D eigenvalue weighted by Crippen LogP contribution is -2.14. The number of carbonyl (C=O) groups excluding carboxylic acids is 1. The molecule has 0 atom stereocenters. The molecule has 0 fully saturated rings. The van der Waals surface area contributed by atoms with Crippen molar-refractivity contribution in [1.82, 2.24) is 20.2 Å². The Hall–Kier alpha value is -2.38. The van der Waals surface area contributed by atoms with Crippen LogP contribution in [-0.2, 0) is 11.2 Å². The van der Waals surface area contributed by atoms with Gasteiger partial charge in [0.25, 0.3) is 0 Å². The van der Waals surface area contributed by atoms with Gasteiger partial charge in [-0.25, -0.2) is 0 Å². The first kappa shape index (κ1) is 17.4. The van der Waals surface area contributed by atoms with Crippen molar-refractivity contribution in [3.8, 4) is 5.69 Å². The Morgan fingerprint density at radius 3 is 2.80 bits per heavy atom. The number of tetrazole rings is 1. The Bertz CT molecular complexity index is 865. The summed E-state index contributed by atoms with van der Waals surface area (Å²) in [5.74, 6) is 0.105. The molecule has 0 unspecified atom stereocenters. The molecule has 25 heavy (non-hydrogen) atoms. The first-order valence-electron chi connectivity index (χ1n) is 7.71. The molecular weight excluding hydrogens is 358 g/mol. The van der Waals surface area contributed by atoms with E-state index in [1.807, 2.05) is 36.4 Å². The van der Waals surface area contributed by atoms with E-state index in [1.165, 1.54) is 17.3 Å². The average Bonchev–Trinajstić information content (AvgIpc) is 3.09. The van der Waals surface area contributed by atoms with Crippen molar-refractivity contribution >= 4 is 35.0 Å². The van der Waals surface area contributed by atoms with Crippen LogP contribution >= 0.6 is 23.4 Å². The Morgan fingerprint density at radius 2 is 2.04 bits per heavy atom. The first-order valence-corrected chi connectivity index (χ1v) is 9.08. The van der Waals surface area contributed by atoms with Gasteiger partial charge in [0.2, 0.25) is 11.1 Å². The molecule has 1 aromatic heterocycles. The fourth-order valence-corrected chi connectivity index (χ4v) is 3.03. The molecule has 8 heteroatoms. The molecule has 0 bridgehead atoms. The summed E-state index contributed by atoms with van der Waals surface area (Å²) in [6, 6.07) is 15.0. The van der Waals surface area contributed by atoms with Crippen molar-refractivity contribution in [2.75, 3.05) is 11.1 Å². The minimum Gasteiger partial charge on any atom is -0.325 e. The van der Waals surface area contributed by atoms with Gasteiger partial charge < -0.3 is 5.32 Å². The number of halogens is 1. The number of aromatic nitrogens is 4. The fourth-order valence-electron chi connectivity index (χ4n) is 2.21. The number of benzene rings is 2. The normalized spacial score (nSPS) is 10.6. The molecular formula is C17H16ClN5OS. The Morgan fingerprint density at radius 1 is 1.24 bits per heavy atom. The molecule has 0 saturated heterocycles. The lowest BCUT2D eigenvalue weighted by atomic mass is 10.1. The molecule has 0 spiro atoms. The zero-order valence-corrected chi connectivity index (χ0v) is 15.1. The largest absolute Gasteiger partial charge is 0.325 e. The van der Waals surface area contributed by atoms with E-state index in [2.05, 4.69) is 27.8 Å². The van der Waals surface area contributed by atoms with Crippen molar-refractivity contribution in [2.24, 2.45) is 0 Å². The molecule has 1 N–H and O–H groups in total. The number of nitrogens with zero attached hydrogens (tertiary/aromatic N) is 4. The third kappa shape index (κ3) is 4.58. The second-order valence-electron chi connectivity index (χ2n) is 5.24. The van der Waals surface area contributed by atoms with Crippen LogP contribution in [0.5, 0.6) is 0 Å². The molecule has 1 heterocycles. The van der Waals surface area contributed by atoms with Gasteiger partial charge in [0.05, 0.1) is 11.4 Å². The summed E-state index contributed by atoms with van der Waals surface area (Å²) in [5, 5.41) is 15.7. The molecule has 6 nitrogen and oxygen atoms in total. The van der Waals surface area contributed by atoms with Crippen LogP contribution in [0.25, 0.3) is 5.69 Å². The van der Waals surface area contributed by atoms with Crippen LogP contribution in [0.2, 0.25) is 5.02 Å². The fraction of sp³-hybridized carbons (Fsp3) is 0.176. The van der Waals surface area contributed by atoms with Gasteiger partial charge in [-0.2, -0.15) is 4.68 Å². The summed E-state index contributed by atoms with van der Waals surface area (Å²) < 4.78 is 1.58. The molecule has 1 amide bonds. The number of carbonyl (C=O) groups is 1. The van der Waals surface area contributed by atoms with Gasteiger partial charge in [-0.15, -0.1) is 5.10 Å². The molecule has 3 aromatic rings. The van der Waals surface area contributed by atoms with Gasteiger partial charge in [0, 0.05) is 10.7 Å². The van der Waals surface area contributed by atoms with E-state index in [0.29, 0.717) is 10.2 Å². The number of thioether (sulfide) groups is 1. The molecule has 3 rings (SSSR count). The maximum Gasteiger partial charge on any atom is 0.234 e. The number of nitrogens with one attached hydrogen (secondary N) is 1. The molecule has 0 radical (unpaired) electrons. The summed E-state index contributed by atoms with van der Waals surface area (Å²) in [7, 11) is 0. The van der Waals surface area contributed by atoms with Crippen LogP contribution in [0.3, 0.4) is 0 Å². The van der Waals surface area contributed by atoms with Gasteiger partial charge in [0.1, 0.15) is 0 Å². The van der Waals surface area contributed by atoms with Crippen molar-refractivity contribution in [3.63, 3.8) is 0 Å². The summed E-state index contributed by atoms with van der Waals surface area (Å²) in [4.78, 5) is 12.2. The van der Waals surface area contributed by atoms with Crippen LogP contribution < -0.4 is 5.32 Å². The number of amides is 1. The lowest BCUT2D eigenvalue weighted by molar-refractivity contribution is -0.113. The zero-order valence-electron chi connectivity index (χ0n) is 13.5. The molecule has 128 valence electrons. The monoisotopic (exact) mass is 373 g/mol. The second-order valence-corrected chi connectivity index (χ2v) is 6.62. The number of aryl methyl sites for hydroxylation is 1. The van der Waals surface area contributed by atoms with Gasteiger partial charge in [0.15, 0.2) is 0 Å². The predicted octanol–water partition coefficient (Wildman–Crippen LogP) is 3.61. The van der Waals surface area contributed by atoms with Gasteiger partial charge in [-0.3, -0.25) is 4.79 Å². The number of hydrogen-bond acceptors (Lipinski definition) is 5. The summed E-state index contributed by atoms with van der Waals surface area (Å²) >= 11 is 7.17. The number of hydrogen-bond donors (Lipinski definition) is 1. The van der Waals surface area contributed by atoms with Crippen molar-refractivity contribution < 1.29 is 4.79 Å². The highest BCUT2D eigenvalue weighted by molar-refractivity contribution is 7.99. The number of anilines is 1. The van der Waals surface area contributed by atoms with E-state index in [-0.39, 0.29) is 11.7 Å². The van der Waals surface area contributed by atoms with Gasteiger partial charge >= 0.3 is 0 Å². The first-order chi connectivity index (χ1) is 12.2. The maximum absolute atomic E-state index is 12.2. The van der Waals surface area contributed by atoms with Crippen LogP contribution in [0.4, 0.5) is 5.69 Å². The zero-order chi connectivity index (χ0) is 17.6. The quantitative estimate of drug-likeness (QED) is 0.668. The van der Waals surface area contributed by atoms with Crippen molar-refractivity contribution in [1.29, 1.82) is 0 Å². The molecule has 0 saturated carbocycles. The van der Waals surface area contributed by atoms with Gasteiger partial charge in [-0.1, -0.05) is 42.4 Å². The van der Waals surface area contributed by atoms with Crippen LogP contribution in [0.1, 0.15) is 12.5 Å². The Balaban J connectivity index is 1.63. The minimum absolute atomic E-state index is 0.107. The van der Waals surface area contributed by atoms with Gasteiger partial charge in [-0.05, 0) is 58.8 Å². The SMILES string of the molecule is CCc1cccc(NC(=O)CSc2nnnn2-c2ccc(Cl)cc2)c1. The lowest BCUT2D eigenvalue weighted by Gasteiger charge is -2.07. The second kappa shape index (κ2) is 8.13. The molecule has 0 aliphatic rings. The van der Waals surface area contributed by atoms with Crippen molar-refractivity contribution in [3.05, 3.63) is 59.1 Å².